The van der Waals surface area contributed by atoms with Crippen LogP contribution in [-0.4, -0.2) is 35.4 Å². The fraction of sp³-hybridized carbons (Fsp3) is 0.688. The highest BCUT2D eigenvalue weighted by Crippen LogP contribution is 2.28. The Kier molecular flexibility index (Phi) is 4.82. The second-order valence-corrected chi connectivity index (χ2v) is 9.79. The summed E-state index contributed by atoms with van der Waals surface area (Å²) >= 11 is 0. The molecule has 5 nitrogen and oxygen atoms in total. The lowest BCUT2D eigenvalue weighted by molar-refractivity contribution is 0.0167. The minimum absolute atomic E-state index is 0.0851. The Morgan fingerprint density at radius 1 is 1.23 bits per heavy atom. The van der Waals surface area contributed by atoms with Crippen molar-refractivity contribution in [1.82, 2.24) is 4.98 Å². The van der Waals surface area contributed by atoms with E-state index in [1.807, 2.05) is 0 Å². The van der Waals surface area contributed by atoms with Gasteiger partial charge in [0.05, 0.1) is 22.2 Å². The molecule has 1 heterocycles. The quantitative estimate of drug-likeness (QED) is 0.889. The van der Waals surface area contributed by atoms with Gasteiger partial charge in [0.25, 0.3) is 0 Å². The van der Waals surface area contributed by atoms with Gasteiger partial charge in [0.15, 0.2) is 14.9 Å². The van der Waals surface area contributed by atoms with E-state index in [4.69, 9.17) is 0 Å². The Morgan fingerprint density at radius 2 is 1.86 bits per heavy atom. The Hall–Kier alpha value is -1.14. The van der Waals surface area contributed by atoms with Crippen LogP contribution in [0.1, 0.15) is 52.9 Å². The highest BCUT2D eigenvalue weighted by Gasteiger charge is 2.32. The maximum absolute atomic E-state index is 12.3. The number of hydrogen-bond donors (Lipinski definition) is 2. The Balaban J connectivity index is 2.04. The van der Waals surface area contributed by atoms with E-state index >= 15 is 0 Å². The summed E-state index contributed by atoms with van der Waals surface area (Å²) in [5.74, 6) is 0. The topological polar surface area (TPSA) is 79.3 Å². The maximum Gasteiger partial charge on any atom is 0.200 e. The third-order valence-corrected chi connectivity index (χ3v) is 6.63. The number of aromatic nitrogens is 1. The summed E-state index contributed by atoms with van der Waals surface area (Å²) in [5.41, 5.74) is 0.0702. The van der Waals surface area contributed by atoms with Crippen LogP contribution in [0.3, 0.4) is 0 Å². The van der Waals surface area contributed by atoms with Crippen LogP contribution in [-0.2, 0) is 9.84 Å². The number of nitrogens with zero attached hydrogens (tertiary/aromatic N) is 1. The molecule has 2 N–H and O–H groups in total. The largest absolute Gasteiger partial charge is 0.388 e. The van der Waals surface area contributed by atoms with Gasteiger partial charge in [-0.05, 0) is 45.7 Å². The normalized spacial score (nSPS) is 18.9. The molecule has 0 atom stereocenters. The molecule has 1 aromatic rings. The van der Waals surface area contributed by atoms with E-state index in [1.165, 1.54) is 18.7 Å². The maximum atomic E-state index is 12.3. The van der Waals surface area contributed by atoms with E-state index in [-0.39, 0.29) is 5.03 Å². The van der Waals surface area contributed by atoms with Crippen LogP contribution in [0.15, 0.2) is 23.4 Å². The van der Waals surface area contributed by atoms with Crippen molar-refractivity contribution in [1.29, 1.82) is 0 Å². The molecular formula is C16H26N2O3S. The Bertz CT molecular complexity index is 597. The molecule has 1 aliphatic rings. The second kappa shape index (κ2) is 6.16. The molecular weight excluding hydrogens is 300 g/mol. The molecule has 0 aromatic carbocycles. The zero-order valence-corrected chi connectivity index (χ0v) is 14.4. The molecule has 22 heavy (non-hydrogen) atoms. The monoisotopic (exact) mass is 326 g/mol. The molecule has 1 aromatic heterocycles. The molecule has 1 saturated carbocycles. The van der Waals surface area contributed by atoms with Gasteiger partial charge >= 0.3 is 0 Å². The first-order chi connectivity index (χ1) is 10.1. The molecule has 0 unspecified atom stereocenters. The lowest BCUT2D eigenvalue weighted by Crippen LogP contribution is -2.38. The molecule has 0 bridgehead atoms. The highest BCUT2D eigenvalue weighted by atomic mass is 32.2. The van der Waals surface area contributed by atoms with Crippen LogP contribution in [0.4, 0.5) is 5.69 Å². The van der Waals surface area contributed by atoms with E-state index in [0.717, 1.165) is 31.4 Å². The zero-order chi connectivity index (χ0) is 16.4. The van der Waals surface area contributed by atoms with Crippen LogP contribution in [0, 0.1) is 0 Å². The molecule has 1 fully saturated rings. The number of hydrogen-bond acceptors (Lipinski definition) is 5. The summed E-state index contributed by atoms with van der Waals surface area (Å²) in [5, 5.41) is 13.7. The summed E-state index contributed by atoms with van der Waals surface area (Å²) in [4.78, 5) is 4.07. The molecule has 6 heteroatoms. The van der Waals surface area contributed by atoms with Gasteiger partial charge < -0.3 is 10.4 Å². The summed E-state index contributed by atoms with van der Waals surface area (Å²) in [7, 11) is -3.43. The van der Waals surface area contributed by atoms with Gasteiger partial charge in [-0.2, -0.15) is 0 Å². The van der Waals surface area contributed by atoms with E-state index < -0.39 is 20.2 Å². The summed E-state index contributed by atoms with van der Waals surface area (Å²) < 4.78 is 23.7. The number of nitrogens with one attached hydrogen (secondary N) is 1. The first-order valence-corrected chi connectivity index (χ1v) is 9.29. The number of aliphatic hydroxyl groups is 1. The highest BCUT2D eigenvalue weighted by molar-refractivity contribution is 7.92. The van der Waals surface area contributed by atoms with Crippen LogP contribution in [0.2, 0.25) is 0 Å². The van der Waals surface area contributed by atoms with Gasteiger partial charge in [-0.15, -0.1) is 0 Å². The first-order valence-electron chi connectivity index (χ1n) is 7.81. The van der Waals surface area contributed by atoms with Gasteiger partial charge in [0, 0.05) is 6.54 Å². The number of pyridine rings is 1. The van der Waals surface area contributed by atoms with E-state index in [9.17, 15) is 13.5 Å². The lowest BCUT2D eigenvalue weighted by atomic mass is 9.85. The third-order valence-electron chi connectivity index (χ3n) is 4.22. The van der Waals surface area contributed by atoms with Crippen molar-refractivity contribution in [3.63, 3.8) is 0 Å². The number of rotatable bonds is 4. The second-order valence-electron chi connectivity index (χ2n) is 7.14. The van der Waals surface area contributed by atoms with Crippen LogP contribution >= 0.6 is 0 Å². The molecule has 0 aliphatic heterocycles. The van der Waals surface area contributed by atoms with E-state index in [2.05, 4.69) is 10.3 Å². The minimum atomic E-state index is -3.43. The van der Waals surface area contributed by atoms with Gasteiger partial charge in [0.2, 0.25) is 0 Å². The minimum Gasteiger partial charge on any atom is -0.388 e. The van der Waals surface area contributed by atoms with Crippen molar-refractivity contribution in [2.45, 2.75) is 68.2 Å². The molecule has 2 rings (SSSR count). The van der Waals surface area contributed by atoms with Crippen LogP contribution in [0.5, 0.6) is 0 Å². The summed E-state index contributed by atoms with van der Waals surface area (Å²) in [6.45, 7) is 5.46. The van der Waals surface area contributed by atoms with Crippen molar-refractivity contribution in [2.75, 3.05) is 11.9 Å². The molecule has 124 valence electrons. The van der Waals surface area contributed by atoms with E-state index in [1.54, 1.807) is 26.8 Å². The van der Waals surface area contributed by atoms with Crippen LogP contribution < -0.4 is 5.32 Å². The first kappa shape index (κ1) is 17.2. The fourth-order valence-corrected chi connectivity index (χ4v) is 3.68. The van der Waals surface area contributed by atoms with Gasteiger partial charge in [-0.1, -0.05) is 19.3 Å². The smallest absolute Gasteiger partial charge is 0.200 e. The lowest BCUT2D eigenvalue weighted by Gasteiger charge is -2.32. The third kappa shape index (κ3) is 3.79. The summed E-state index contributed by atoms with van der Waals surface area (Å²) in [6, 6.07) is 3.23. The molecule has 0 spiro atoms. The Morgan fingerprint density at radius 3 is 2.36 bits per heavy atom. The summed E-state index contributed by atoms with van der Waals surface area (Å²) in [6.07, 6.45) is 6.43. The molecule has 0 saturated heterocycles. The van der Waals surface area contributed by atoms with Gasteiger partial charge in [-0.25, -0.2) is 13.4 Å². The molecule has 1 aliphatic carbocycles. The number of sulfone groups is 1. The van der Waals surface area contributed by atoms with Crippen molar-refractivity contribution in [3.8, 4) is 0 Å². The molecule has 0 radical (unpaired) electrons. The molecule has 0 amide bonds. The standard InChI is InChI=1S/C16H26N2O3S/c1-15(2,3)22(20,21)14-8-7-13(11-17-14)18-12-16(19)9-5-4-6-10-16/h7-8,11,18-19H,4-6,9-10,12H2,1-3H3. The zero-order valence-electron chi connectivity index (χ0n) is 13.6. The predicted octanol–water partition coefficient (Wildman–Crippen LogP) is 2.76. The van der Waals surface area contributed by atoms with Crippen molar-refractivity contribution in [3.05, 3.63) is 18.3 Å². The average Bonchev–Trinajstić information content (AvgIpc) is 2.45. The Labute approximate surface area is 133 Å². The number of anilines is 1. The van der Waals surface area contributed by atoms with E-state index in [0.29, 0.717) is 6.54 Å². The fourth-order valence-electron chi connectivity index (χ4n) is 2.61. The average molecular weight is 326 g/mol. The van der Waals surface area contributed by atoms with Crippen molar-refractivity contribution >= 4 is 15.5 Å². The van der Waals surface area contributed by atoms with Gasteiger partial charge in [-0.3, -0.25) is 0 Å². The SMILES string of the molecule is CC(C)(C)S(=O)(=O)c1ccc(NCC2(O)CCCCC2)cn1. The van der Waals surface area contributed by atoms with Crippen molar-refractivity contribution in [2.24, 2.45) is 0 Å². The van der Waals surface area contributed by atoms with Gasteiger partial charge in [0.1, 0.15) is 0 Å². The van der Waals surface area contributed by atoms with Crippen LogP contribution in [0.25, 0.3) is 0 Å². The van der Waals surface area contributed by atoms with Crippen molar-refractivity contribution < 1.29 is 13.5 Å². The predicted molar refractivity (Wildman–Crippen MR) is 87.7 cm³/mol.